The second-order valence-electron chi connectivity index (χ2n) is 6.07. The first-order valence-corrected chi connectivity index (χ1v) is 8.48. The second kappa shape index (κ2) is 8.73. The van der Waals surface area contributed by atoms with Crippen LogP contribution in [0.2, 0.25) is 0 Å². The van der Waals surface area contributed by atoms with Gasteiger partial charge < -0.3 is 15.4 Å². The van der Waals surface area contributed by atoms with Gasteiger partial charge in [-0.3, -0.25) is 9.69 Å². The zero-order valence-electron chi connectivity index (χ0n) is 14.3. The Labute approximate surface area is 151 Å². The summed E-state index contributed by atoms with van der Waals surface area (Å²) in [5.41, 5.74) is 1.74. The van der Waals surface area contributed by atoms with Gasteiger partial charge in [-0.1, -0.05) is 18.2 Å². The normalized spacial score (nSPS) is 14.8. The van der Waals surface area contributed by atoms with Gasteiger partial charge >= 0.3 is 0 Å². The first kappa shape index (κ1) is 18.3. The maximum Gasteiger partial charge on any atom is 0.243 e. The first-order chi connectivity index (χ1) is 12.6. The lowest BCUT2D eigenvalue weighted by molar-refractivity contribution is -0.114. The van der Waals surface area contributed by atoms with Crippen molar-refractivity contribution in [2.75, 3.05) is 43.5 Å². The minimum absolute atomic E-state index is 0.0456. The van der Waals surface area contributed by atoms with E-state index in [9.17, 15) is 13.6 Å². The lowest BCUT2D eigenvalue weighted by atomic mass is 10.1. The van der Waals surface area contributed by atoms with Crippen LogP contribution < -0.4 is 10.6 Å². The molecule has 138 valence electrons. The largest absolute Gasteiger partial charge is 0.379 e. The molecule has 5 nitrogen and oxygen atoms in total. The van der Waals surface area contributed by atoms with E-state index >= 15 is 0 Å². The Morgan fingerprint density at radius 2 is 1.85 bits per heavy atom. The van der Waals surface area contributed by atoms with Crippen molar-refractivity contribution in [1.82, 2.24) is 4.90 Å². The van der Waals surface area contributed by atoms with Gasteiger partial charge in [0, 0.05) is 31.4 Å². The molecular weight excluding hydrogens is 340 g/mol. The number of morpholine rings is 1. The average Bonchev–Trinajstić information content (AvgIpc) is 2.65. The van der Waals surface area contributed by atoms with Crippen molar-refractivity contribution in [3.05, 3.63) is 59.7 Å². The molecule has 1 amide bonds. The fraction of sp³-hybridized carbons (Fsp3) is 0.316. The van der Waals surface area contributed by atoms with Crippen LogP contribution in [0, 0.1) is 11.6 Å². The van der Waals surface area contributed by atoms with Gasteiger partial charge in [-0.15, -0.1) is 0 Å². The molecule has 1 aliphatic rings. The van der Waals surface area contributed by atoms with Crippen molar-refractivity contribution in [2.24, 2.45) is 0 Å². The number of nitrogens with one attached hydrogen (secondary N) is 2. The number of halogens is 2. The molecule has 0 aliphatic carbocycles. The van der Waals surface area contributed by atoms with Gasteiger partial charge in [-0.2, -0.15) is 0 Å². The number of para-hydroxylation sites is 1. The number of benzene rings is 2. The molecular formula is C19H21F2N3O2. The highest BCUT2D eigenvalue weighted by Gasteiger charge is 2.13. The standard InChI is InChI=1S/C19H21F2N3O2/c20-15-5-6-16(21)18(11-15)23-19(25)12-22-17-4-2-1-3-14(17)13-24-7-9-26-10-8-24/h1-6,11,22H,7-10,12-13H2,(H,23,25). The molecule has 1 aliphatic heterocycles. The highest BCUT2D eigenvalue weighted by Crippen LogP contribution is 2.18. The molecule has 0 saturated carbocycles. The third-order valence-corrected chi connectivity index (χ3v) is 4.16. The van der Waals surface area contributed by atoms with Crippen molar-refractivity contribution in [2.45, 2.75) is 6.54 Å². The second-order valence-corrected chi connectivity index (χ2v) is 6.07. The van der Waals surface area contributed by atoms with Crippen LogP contribution in [0.3, 0.4) is 0 Å². The topological polar surface area (TPSA) is 53.6 Å². The van der Waals surface area contributed by atoms with Gasteiger partial charge in [0.2, 0.25) is 5.91 Å². The van der Waals surface area contributed by atoms with Crippen LogP contribution >= 0.6 is 0 Å². The average molecular weight is 361 g/mol. The third-order valence-electron chi connectivity index (χ3n) is 4.16. The molecule has 1 fully saturated rings. The number of ether oxygens (including phenoxy) is 1. The van der Waals surface area contributed by atoms with Gasteiger partial charge in [0.15, 0.2) is 0 Å². The molecule has 2 aromatic carbocycles. The molecule has 0 radical (unpaired) electrons. The summed E-state index contributed by atoms with van der Waals surface area (Å²) < 4.78 is 32.1. The number of hydrogen-bond acceptors (Lipinski definition) is 4. The Bertz CT molecular complexity index is 764. The van der Waals surface area contributed by atoms with Crippen LogP contribution in [0.25, 0.3) is 0 Å². The fourth-order valence-electron chi connectivity index (χ4n) is 2.79. The van der Waals surface area contributed by atoms with E-state index in [-0.39, 0.29) is 12.2 Å². The predicted octanol–water partition coefficient (Wildman–Crippen LogP) is 2.85. The Kier molecular flexibility index (Phi) is 6.14. The maximum atomic E-state index is 13.6. The zero-order chi connectivity index (χ0) is 18.4. The van der Waals surface area contributed by atoms with Crippen molar-refractivity contribution < 1.29 is 18.3 Å². The number of amides is 1. The van der Waals surface area contributed by atoms with E-state index < -0.39 is 17.5 Å². The van der Waals surface area contributed by atoms with Crippen LogP contribution in [0.5, 0.6) is 0 Å². The molecule has 2 aromatic rings. The smallest absolute Gasteiger partial charge is 0.243 e. The Hall–Kier alpha value is -2.51. The van der Waals surface area contributed by atoms with E-state index in [4.69, 9.17) is 4.74 Å². The van der Waals surface area contributed by atoms with Crippen LogP contribution in [-0.4, -0.2) is 43.7 Å². The molecule has 26 heavy (non-hydrogen) atoms. The van der Waals surface area contributed by atoms with Gasteiger partial charge in [0.1, 0.15) is 11.6 Å². The summed E-state index contributed by atoms with van der Waals surface area (Å²) >= 11 is 0. The number of nitrogens with zero attached hydrogens (tertiary/aromatic N) is 1. The molecule has 3 rings (SSSR count). The zero-order valence-corrected chi connectivity index (χ0v) is 14.3. The molecule has 1 saturated heterocycles. The minimum Gasteiger partial charge on any atom is -0.379 e. The summed E-state index contributed by atoms with van der Waals surface area (Å²) in [6.07, 6.45) is 0. The summed E-state index contributed by atoms with van der Waals surface area (Å²) in [7, 11) is 0. The van der Waals surface area contributed by atoms with E-state index in [1.807, 2.05) is 24.3 Å². The fourth-order valence-corrected chi connectivity index (χ4v) is 2.79. The number of carbonyl (C=O) groups excluding carboxylic acids is 1. The van der Waals surface area contributed by atoms with Gasteiger partial charge in [0.05, 0.1) is 25.4 Å². The minimum atomic E-state index is -0.674. The highest BCUT2D eigenvalue weighted by molar-refractivity contribution is 5.93. The van der Waals surface area contributed by atoms with Gasteiger partial charge in [-0.25, -0.2) is 8.78 Å². The van der Waals surface area contributed by atoms with Crippen molar-refractivity contribution in [1.29, 1.82) is 0 Å². The molecule has 0 atom stereocenters. The Balaban J connectivity index is 1.58. The lowest BCUT2D eigenvalue weighted by Gasteiger charge is -2.27. The Morgan fingerprint density at radius 1 is 1.08 bits per heavy atom. The number of rotatable bonds is 6. The maximum absolute atomic E-state index is 13.6. The summed E-state index contributed by atoms with van der Waals surface area (Å²) in [5, 5.41) is 5.45. The number of hydrogen-bond donors (Lipinski definition) is 2. The van der Waals surface area contributed by atoms with Gasteiger partial charge in [0.25, 0.3) is 0 Å². The van der Waals surface area contributed by atoms with E-state index in [0.29, 0.717) is 0 Å². The lowest BCUT2D eigenvalue weighted by Crippen LogP contribution is -2.35. The molecule has 2 N–H and O–H groups in total. The quantitative estimate of drug-likeness (QED) is 0.831. The van der Waals surface area contributed by atoms with Crippen molar-refractivity contribution in [3.8, 4) is 0 Å². The number of carbonyl (C=O) groups is 1. The molecule has 1 heterocycles. The van der Waals surface area contributed by atoms with Crippen molar-refractivity contribution >= 4 is 17.3 Å². The molecule has 0 spiro atoms. The first-order valence-electron chi connectivity index (χ1n) is 8.48. The van der Waals surface area contributed by atoms with E-state index in [2.05, 4.69) is 15.5 Å². The predicted molar refractivity (Wildman–Crippen MR) is 96.0 cm³/mol. The highest BCUT2D eigenvalue weighted by atomic mass is 19.1. The third kappa shape index (κ3) is 5.00. The molecule has 7 heteroatoms. The van der Waals surface area contributed by atoms with Crippen LogP contribution in [0.4, 0.5) is 20.2 Å². The van der Waals surface area contributed by atoms with E-state index in [1.165, 1.54) is 0 Å². The molecule has 0 aromatic heterocycles. The summed E-state index contributed by atoms with van der Waals surface area (Å²) in [4.78, 5) is 14.3. The SMILES string of the molecule is O=C(CNc1ccccc1CN1CCOCC1)Nc1cc(F)ccc1F. The Morgan fingerprint density at radius 3 is 2.65 bits per heavy atom. The molecule has 0 bridgehead atoms. The monoisotopic (exact) mass is 361 g/mol. The summed E-state index contributed by atoms with van der Waals surface area (Å²) in [5.74, 6) is -1.73. The van der Waals surface area contributed by atoms with Crippen LogP contribution in [0.1, 0.15) is 5.56 Å². The summed E-state index contributed by atoms with van der Waals surface area (Å²) in [6.45, 7) is 3.89. The van der Waals surface area contributed by atoms with Gasteiger partial charge in [-0.05, 0) is 23.8 Å². The van der Waals surface area contributed by atoms with E-state index in [1.54, 1.807) is 0 Å². The summed E-state index contributed by atoms with van der Waals surface area (Å²) in [6, 6.07) is 10.7. The van der Waals surface area contributed by atoms with Crippen LogP contribution in [-0.2, 0) is 16.1 Å². The van der Waals surface area contributed by atoms with Crippen LogP contribution in [0.15, 0.2) is 42.5 Å². The van der Waals surface area contributed by atoms with Crippen molar-refractivity contribution in [3.63, 3.8) is 0 Å². The van der Waals surface area contributed by atoms with E-state index in [0.717, 1.165) is 62.3 Å². The molecule has 0 unspecified atom stereocenters. The number of anilines is 2.